The van der Waals surface area contributed by atoms with E-state index in [1.807, 2.05) is 0 Å². The molecule has 2 aliphatic rings. The van der Waals surface area contributed by atoms with Crippen LogP contribution in [0.15, 0.2) is 16.8 Å². The van der Waals surface area contributed by atoms with E-state index in [0.717, 1.165) is 24.8 Å². The minimum Gasteiger partial charge on any atom is -0.463 e. The van der Waals surface area contributed by atoms with Crippen molar-refractivity contribution in [3.63, 3.8) is 0 Å². The van der Waals surface area contributed by atoms with E-state index < -0.39 is 0 Å². The molecule has 21 heavy (non-hydrogen) atoms. The summed E-state index contributed by atoms with van der Waals surface area (Å²) in [7, 11) is 0. The summed E-state index contributed by atoms with van der Waals surface area (Å²) in [4.78, 5) is 27.7. The van der Waals surface area contributed by atoms with Gasteiger partial charge in [0.05, 0.1) is 12.5 Å². The third-order valence-electron chi connectivity index (χ3n) is 5.68. The largest absolute Gasteiger partial charge is 0.463 e. The molecule has 0 aromatic heterocycles. The van der Waals surface area contributed by atoms with Gasteiger partial charge in [-0.15, -0.1) is 0 Å². The van der Waals surface area contributed by atoms with Gasteiger partial charge in [0, 0.05) is 22.9 Å². The third-order valence-corrected chi connectivity index (χ3v) is 5.68. The number of rotatable bonds is 4. The fourth-order valence-electron chi connectivity index (χ4n) is 4.12. The molecule has 4 nitrogen and oxygen atoms in total. The highest BCUT2D eigenvalue weighted by molar-refractivity contribution is 6.05. The molecule has 2 bridgehead atoms. The highest BCUT2D eigenvalue weighted by atomic mass is 16.5. The van der Waals surface area contributed by atoms with Crippen molar-refractivity contribution in [2.24, 2.45) is 27.7 Å². The summed E-state index contributed by atoms with van der Waals surface area (Å²) in [6, 6.07) is 0. The van der Waals surface area contributed by atoms with Crippen molar-refractivity contribution >= 4 is 18.0 Å². The van der Waals surface area contributed by atoms with Crippen LogP contribution in [0.1, 0.15) is 47.5 Å². The zero-order chi connectivity index (χ0) is 15.8. The lowest BCUT2D eigenvalue weighted by molar-refractivity contribution is -0.137. The first kappa shape index (κ1) is 15.9. The Morgan fingerprint density at radius 2 is 2.10 bits per heavy atom. The van der Waals surface area contributed by atoms with E-state index in [0.29, 0.717) is 18.2 Å². The summed E-state index contributed by atoms with van der Waals surface area (Å²) in [5, 5.41) is 0. The predicted octanol–water partition coefficient (Wildman–Crippen LogP) is 3.17. The molecule has 116 valence electrons. The maximum Gasteiger partial charge on any atom is 0.332 e. The smallest absolute Gasteiger partial charge is 0.332 e. The minimum atomic E-state index is -0.380. The zero-order valence-electron chi connectivity index (χ0n) is 13.6. The Hall–Kier alpha value is -1.45. The SMILES string of the molecule is CCOC(=O)/C=C(\C)N=C1C(C=O)[C@H]2CC[C@]1(C)C2(C)C. The second kappa shape index (κ2) is 5.39. The average molecular weight is 291 g/mol. The molecule has 0 amide bonds. The minimum absolute atomic E-state index is 0.0625. The summed E-state index contributed by atoms with van der Waals surface area (Å²) in [5.74, 6) is -0.145. The summed E-state index contributed by atoms with van der Waals surface area (Å²) in [6.45, 7) is 10.6. The molecule has 0 N–H and O–H groups in total. The van der Waals surface area contributed by atoms with Gasteiger partial charge in [-0.25, -0.2) is 4.79 Å². The number of nitrogens with zero attached hydrogens (tertiary/aromatic N) is 1. The Kier molecular flexibility index (Phi) is 4.09. The molecular weight excluding hydrogens is 266 g/mol. The van der Waals surface area contributed by atoms with Crippen LogP contribution in [0.5, 0.6) is 0 Å². The van der Waals surface area contributed by atoms with E-state index in [-0.39, 0.29) is 22.7 Å². The van der Waals surface area contributed by atoms with E-state index >= 15 is 0 Å². The normalized spacial score (nSPS) is 36.0. The average Bonchev–Trinajstić information content (AvgIpc) is 2.70. The fraction of sp³-hybridized carbons (Fsp3) is 0.706. The van der Waals surface area contributed by atoms with E-state index in [1.54, 1.807) is 13.8 Å². The van der Waals surface area contributed by atoms with Crippen LogP contribution >= 0.6 is 0 Å². The van der Waals surface area contributed by atoms with Gasteiger partial charge in [-0.2, -0.15) is 0 Å². The number of ether oxygens (including phenoxy) is 1. The molecule has 0 heterocycles. The molecule has 0 aromatic carbocycles. The van der Waals surface area contributed by atoms with Crippen molar-refractivity contribution in [3.05, 3.63) is 11.8 Å². The van der Waals surface area contributed by atoms with Crippen molar-refractivity contribution in [1.29, 1.82) is 0 Å². The summed E-state index contributed by atoms with van der Waals surface area (Å²) < 4.78 is 4.90. The fourth-order valence-corrected chi connectivity index (χ4v) is 4.12. The van der Waals surface area contributed by atoms with Gasteiger partial charge >= 0.3 is 5.97 Å². The van der Waals surface area contributed by atoms with Gasteiger partial charge in [0.1, 0.15) is 6.29 Å². The quantitative estimate of drug-likeness (QED) is 0.454. The van der Waals surface area contributed by atoms with Gasteiger partial charge in [0.15, 0.2) is 0 Å². The Balaban J connectivity index is 2.36. The van der Waals surface area contributed by atoms with Gasteiger partial charge in [0.2, 0.25) is 0 Å². The summed E-state index contributed by atoms with van der Waals surface area (Å²) in [6.07, 6.45) is 4.57. The molecule has 3 atom stereocenters. The standard InChI is InChI=1S/C17H25NO3/c1-6-21-14(20)9-11(2)18-15-12(10-19)13-7-8-17(15,5)16(13,3)4/h9-10,12-13H,6-8H2,1-5H3/b11-9+,18-15?/t12?,13-,17+/m1/s1. The number of hydrogen-bond donors (Lipinski definition) is 0. The Morgan fingerprint density at radius 3 is 2.67 bits per heavy atom. The Labute approximate surface area is 126 Å². The van der Waals surface area contributed by atoms with E-state index in [4.69, 9.17) is 4.74 Å². The second-order valence-electron chi connectivity index (χ2n) is 6.90. The maximum absolute atomic E-state index is 11.6. The van der Waals surface area contributed by atoms with Gasteiger partial charge in [-0.05, 0) is 38.0 Å². The molecule has 0 radical (unpaired) electrons. The molecule has 0 spiro atoms. The lowest BCUT2D eigenvalue weighted by Gasteiger charge is -2.34. The molecular formula is C17H25NO3. The first-order valence-corrected chi connectivity index (χ1v) is 7.67. The highest BCUT2D eigenvalue weighted by Crippen LogP contribution is 2.65. The van der Waals surface area contributed by atoms with Crippen molar-refractivity contribution in [2.45, 2.75) is 47.5 Å². The first-order valence-electron chi connectivity index (χ1n) is 7.67. The van der Waals surface area contributed by atoms with Crippen LogP contribution in [0, 0.1) is 22.7 Å². The lowest BCUT2D eigenvalue weighted by atomic mass is 9.70. The number of fused-ring (bicyclic) bond motifs is 2. The van der Waals surface area contributed by atoms with Crippen molar-refractivity contribution in [1.82, 2.24) is 0 Å². The molecule has 0 aromatic rings. The van der Waals surface area contributed by atoms with Gasteiger partial charge < -0.3 is 9.53 Å². The van der Waals surface area contributed by atoms with E-state index in [1.165, 1.54) is 6.08 Å². The monoisotopic (exact) mass is 291 g/mol. The van der Waals surface area contributed by atoms with Crippen molar-refractivity contribution in [2.75, 3.05) is 6.61 Å². The van der Waals surface area contributed by atoms with Crippen LogP contribution in [0.2, 0.25) is 0 Å². The number of aliphatic imine (C=N–C) groups is 1. The van der Waals surface area contributed by atoms with Crippen LogP contribution in [-0.4, -0.2) is 24.6 Å². The van der Waals surface area contributed by atoms with Gasteiger partial charge in [-0.1, -0.05) is 20.8 Å². The maximum atomic E-state index is 11.6. The molecule has 1 unspecified atom stereocenters. The lowest BCUT2D eigenvalue weighted by Crippen LogP contribution is -2.34. The molecule has 4 heteroatoms. The second-order valence-corrected chi connectivity index (χ2v) is 6.90. The van der Waals surface area contributed by atoms with Crippen LogP contribution in [0.25, 0.3) is 0 Å². The Bertz CT molecular complexity index is 518. The summed E-state index contributed by atoms with van der Waals surface area (Å²) >= 11 is 0. The van der Waals surface area contributed by atoms with Crippen LogP contribution < -0.4 is 0 Å². The van der Waals surface area contributed by atoms with Gasteiger partial charge in [0.25, 0.3) is 0 Å². The van der Waals surface area contributed by atoms with Crippen LogP contribution in [0.3, 0.4) is 0 Å². The highest BCUT2D eigenvalue weighted by Gasteiger charge is 2.64. The molecule has 2 saturated carbocycles. The Morgan fingerprint density at radius 1 is 1.43 bits per heavy atom. The molecule has 2 aliphatic carbocycles. The van der Waals surface area contributed by atoms with Crippen LogP contribution in [0.4, 0.5) is 0 Å². The van der Waals surface area contributed by atoms with Crippen LogP contribution in [-0.2, 0) is 14.3 Å². The topological polar surface area (TPSA) is 55.7 Å². The van der Waals surface area contributed by atoms with E-state index in [2.05, 4.69) is 25.8 Å². The number of carbonyl (C=O) groups is 2. The first-order chi connectivity index (χ1) is 9.77. The number of allylic oxidation sites excluding steroid dienone is 1. The zero-order valence-corrected chi connectivity index (χ0v) is 13.6. The number of carbonyl (C=O) groups excluding carboxylic acids is 2. The number of aldehydes is 1. The number of hydrogen-bond acceptors (Lipinski definition) is 4. The molecule has 0 aliphatic heterocycles. The summed E-state index contributed by atoms with van der Waals surface area (Å²) in [5.41, 5.74) is 1.56. The third kappa shape index (κ3) is 2.34. The number of esters is 1. The molecule has 2 rings (SSSR count). The molecule has 2 fully saturated rings. The van der Waals surface area contributed by atoms with E-state index in [9.17, 15) is 9.59 Å². The molecule has 0 saturated heterocycles. The van der Waals surface area contributed by atoms with Gasteiger partial charge in [-0.3, -0.25) is 4.99 Å². The van der Waals surface area contributed by atoms with Crippen molar-refractivity contribution in [3.8, 4) is 0 Å². The predicted molar refractivity (Wildman–Crippen MR) is 82.0 cm³/mol. The van der Waals surface area contributed by atoms with Crippen molar-refractivity contribution < 1.29 is 14.3 Å².